The molecule has 0 bridgehead atoms. The van der Waals surface area contributed by atoms with E-state index < -0.39 is 0 Å². The normalized spacial score (nSPS) is 15.9. The minimum Gasteiger partial charge on any atom is -0.456 e. The second kappa shape index (κ2) is 12.6. The molecule has 1 aliphatic rings. The lowest BCUT2D eigenvalue weighted by Crippen LogP contribution is -2.44. The van der Waals surface area contributed by atoms with Crippen LogP contribution in [0.15, 0.2) is 197 Å². The highest BCUT2D eigenvalue weighted by Crippen LogP contribution is 2.44. The van der Waals surface area contributed by atoms with E-state index in [-0.39, 0.29) is 12.3 Å². The van der Waals surface area contributed by atoms with Crippen molar-refractivity contribution < 1.29 is 4.42 Å². The van der Waals surface area contributed by atoms with Gasteiger partial charge in [-0.25, -0.2) is 4.99 Å². The number of aliphatic imine (C=N–C) groups is 1. The number of para-hydroxylation sites is 3. The standard InChI is InChI=1S/C51H35N5O/c1-4-14-32(15-5-1)49-52-50(33-16-6-2-7-17-33)54-51(53-49)34-24-26-36(27-25-34)56-42-22-12-10-20-37(42)39-28-29-43-47(48(39)56)41-31-46-40(38-21-11-13-23-45(38)57-46)30-44(41)55(43)35-18-8-3-9-19-35/h1-31,49,51,53H,(H,52,54). The number of rotatable bonds is 5. The molecule has 3 aromatic heterocycles. The van der Waals surface area contributed by atoms with Gasteiger partial charge in [-0.05, 0) is 65.7 Å². The van der Waals surface area contributed by atoms with Gasteiger partial charge in [0.2, 0.25) is 0 Å². The number of hydrogen-bond acceptors (Lipinski definition) is 4. The highest BCUT2D eigenvalue weighted by molar-refractivity contribution is 6.28. The second-order valence-electron chi connectivity index (χ2n) is 14.8. The lowest BCUT2D eigenvalue weighted by Gasteiger charge is -2.32. The summed E-state index contributed by atoms with van der Waals surface area (Å²) in [6.07, 6.45) is -0.352. The van der Waals surface area contributed by atoms with Crippen molar-refractivity contribution in [2.24, 2.45) is 4.99 Å². The summed E-state index contributed by atoms with van der Waals surface area (Å²) >= 11 is 0. The Morgan fingerprint density at radius 1 is 0.456 bits per heavy atom. The number of fused-ring (bicyclic) bond motifs is 10. The Morgan fingerprint density at radius 2 is 1.14 bits per heavy atom. The number of nitrogens with zero attached hydrogens (tertiary/aromatic N) is 3. The summed E-state index contributed by atoms with van der Waals surface area (Å²) in [6.45, 7) is 0. The van der Waals surface area contributed by atoms with Gasteiger partial charge in [0.05, 0.1) is 22.1 Å². The van der Waals surface area contributed by atoms with Crippen molar-refractivity contribution in [2.45, 2.75) is 12.3 Å². The topological polar surface area (TPSA) is 59.4 Å². The smallest absolute Gasteiger partial charge is 0.136 e. The van der Waals surface area contributed by atoms with Crippen LogP contribution in [0, 0.1) is 0 Å². The highest BCUT2D eigenvalue weighted by atomic mass is 16.3. The molecular weight excluding hydrogens is 699 g/mol. The van der Waals surface area contributed by atoms with Crippen LogP contribution in [0.1, 0.15) is 29.0 Å². The minimum atomic E-state index is -0.196. The summed E-state index contributed by atoms with van der Waals surface area (Å²) in [6, 6.07) is 66.7. The molecule has 0 aliphatic carbocycles. The van der Waals surface area contributed by atoms with E-state index in [2.05, 4.69) is 190 Å². The lowest BCUT2D eigenvalue weighted by molar-refractivity contribution is 0.409. The van der Waals surface area contributed by atoms with Crippen LogP contribution in [-0.4, -0.2) is 15.0 Å². The molecule has 2 N–H and O–H groups in total. The Morgan fingerprint density at radius 3 is 1.95 bits per heavy atom. The lowest BCUT2D eigenvalue weighted by atomic mass is 10.1. The van der Waals surface area contributed by atoms with Crippen molar-refractivity contribution >= 4 is 71.4 Å². The van der Waals surface area contributed by atoms with Crippen LogP contribution in [0.3, 0.4) is 0 Å². The summed E-state index contributed by atoms with van der Waals surface area (Å²) in [5, 5.41) is 14.5. The maximum absolute atomic E-state index is 6.52. The van der Waals surface area contributed by atoms with Crippen molar-refractivity contribution in [3.05, 3.63) is 205 Å². The van der Waals surface area contributed by atoms with Gasteiger partial charge in [0.15, 0.2) is 0 Å². The maximum atomic E-state index is 6.52. The summed E-state index contributed by atoms with van der Waals surface area (Å²) in [5.41, 5.74) is 11.9. The molecule has 2 unspecified atom stereocenters. The zero-order valence-electron chi connectivity index (χ0n) is 30.8. The molecule has 0 fully saturated rings. The van der Waals surface area contributed by atoms with Gasteiger partial charge >= 0.3 is 0 Å². The predicted octanol–water partition coefficient (Wildman–Crippen LogP) is 12.1. The van der Waals surface area contributed by atoms with Crippen molar-refractivity contribution in [3.63, 3.8) is 0 Å². The number of amidine groups is 1. The van der Waals surface area contributed by atoms with E-state index in [1.807, 2.05) is 18.2 Å². The Bertz CT molecular complexity index is 3340. The zero-order valence-corrected chi connectivity index (χ0v) is 30.8. The van der Waals surface area contributed by atoms with Gasteiger partial charge in [-0.2, -0.15) is 0 Å². The fourth-order valence-electron chi connectivity index (χ4n) is 8.99. The van der Waals surface area contributed by atoms with Gasteiger partial charge in [0, 0.05) is 49.3 Å². The van der Waals surface area contributed by atoms with Crippen molar-refractivity contribution in [2.75, 3.05) is 0 Å². The molecule has 6 nitrogen and oxygen atoms in total. The predicted molar refractivity (Wildman–Crippen MR) is 234 cm³/mol. The average Bonchev–Trinajstić information content (AvgIpc) is 3.93. The first-order valence-electron chi connectivity index (χ1n) is 19.4. The van der Waals surface area contributed by atoms with Gasteiger partial charge in [0.25, 0.3) is 0 Å². The maximum Gasteiger partial charge on any atom is 0.136 e. The monoisotopic (exact) mass is 733 g/mol. The molecule has 1 aliphatic heterocycles. The minimum absolute atomic E-state index is 0.156. The third-order valence-corrected chi connectivity index (χ3v) is 11.6. The summed E-state index contributed by atoms with van der Waals surface area (Å²) in [7, 11) is 0. The zero-order chi connectivity index (χ0) is 37.5. The van der Waals surface area contributed by atoms with E-state index in [1.54, 1.807) is 0 Å². The third-order valence-electron chi connectivity index (χ3n) is 11.6. The Balaban J connectivity index is 1.07. The molecule has 270 valence electrons. The van der Waals surface area contributed by atoms with Gasteiger partial charge < -0.3 is 18.9 Å². The summed E-state index contributed by atoms with van der Waals surface area (Å²) < 4.78 is 11.4. The van der Waals surface area contributed by atoms with Crippen LogP contribution in [0.2, 0.25) is 0 Å². The Kier molecular flexibility index (Phi) is 7.03. The largest absolute Gasteiger partial charge is 0.456 e. The van der Waals surface area contributed by atoms with Crippen LogP contribution in [0.25, 0.3) is 76.9 Å². The van der Waals surface area contributed by atoms with Gasteiger partial charge in [-0.1, -0.05) is 133 Å². The molecule has 12 rings (SSSR count). The molecule has 4 heterocycles. The molecule has 0 amide bonds. The number of nitrogens with one attached hydrogen (secondary N) is 2. The fourth-order valence-corrected chi connectivity index (χ4v) is 8.99. The molecular formula is C51H35N5O. The molecule has 11 aromatic rings. The Hall–Kier alpha value is -7.41. The van der Waals surface area contributed by atoms with E-state index in [0.717, 1.165) is 77.8 Å². The Labute approximate surface area is 327 Å². The van der Waals surface area contributed by atoms with Gasteiger partial charge in [0.1, 0.15) is 29.3 Å². The number of hydrogen-bond donors (Lipinski definition) is 2. The van der Waals surface area contributed by atoms with Crippen LogP contribution in [0.5, 0.6) is 0 Å². The van der Waals surface area contributed by atoms with E-state index in [0.29, 0.717) is 0 Å². The highest BCUT2D eigenvalue weighted by Gasteiger charge is 2.26. The van der Waals surface area contributed by atoms with Crippen molar-refractivity contribution in [3.8, 4) is 11.4 Å². The first kappa shape index (κ1) is 31.9. The summed E-state index contributed by atoms with van der Waals surface area (Å²) in [5.74, 6) is 0.871. The second-order valence-corrected chi connectivity index (χ2v) is 14.8. The molecule has 6 heteroatoms. The van der Waals surface area contributed by atoms with Crippen molar-refractivity contribution in [1.29, 1.82) is 0 Å². The van der Waals surface area contributed by atoms with E-state index >= 15 is 0 Å². The van der Waals surface area contributed by atoms with Gasteiger partial charge in [-0.15, -0.1) is 0 Å². The first-order chi connectivity index (χ1) is 28.3. The number of aromatic nitrogens is 2. The molecule has 0 saturated heterocycles. The van der Waals surface area contributed by atoms with Crippen LogP contribution in [-0.2, 0) is 0 Å². The summed E-state index contributed by atoms with van der Waals surface area (Å²) in [4.78, 5) is 5.11. The molecule has 57 heavy (non-hydrogen) atoms. The van der Waals surface area contributed by atoms with E-state index in [9.17, 15) is 0 Å². The average molecular weight is 734 g/mol. The molecule has 0 radical (unpaired) electrons. The van der Waals surface area contributed by atoms with Crippen LogP contribution < -0.4 is 10.6 Å². The van der Waals surface area contributed by atoms with Crippen LogP contribution >= 0.6 is 0 Å². The quantitative estimate of drug-likeness (QED) is 0.185. The molecule has 2 atom stereocenters. The first-order valence-corrected chi connectivity index (χ1v) is 19.4. The number of furan rings is 1. The van der Waals surface area contributed by atoms with Crippen LogP contribution in [0.4, 0.5) is 0 Å². The molecule has 0 saturated carbocycles. The van der Waals surface area contributed by atoms with E-state index in [1.165, 1.54) is 21.7 Å². The van der Waals surface area contributed by atoms with Gasteiger partial charge in [-0.3, -0.25) is 5.32 Å². The third kappa shape index (κ3) is 4.98. The SMILES string of the molecule is c1ccc(C2=NC(c3ccccc3)NC(c3ccc(-n4c5ccccc5c5ccc6c(c7cc8oc9ccccc9c8cc7n6-c6ccccc6)c54)cc3)N2)cc1. The van der Waals surface area contributed by atoms with E-state index in [4.69, 9.17) is 9.41 Å². The van der Waals surface area contributed by atoms with Crippen molar-refractivity contribution in [1.82, 2.24) is 19.8 Å². The number of benzene rings is 8. The molecule has 0 spiro atoms. The molecule has 8 aromatic carbocycles. The fraction of sp³-hybridized carbons (Fsp3) is 0.0392.